The quantitative estimate of drug-likeness (QED) is 0.887. The largest absolute Gasteiger partial charge is 0.365 e. The van der Waals surface area contributed by atoms with Gasteiger partial charge in [0.2, 0.25) is 0 Å². The smallest absolute Gasteiger partial charge is 0.276 e. The number of benzene rings is 2. The molecule has 2 aromatic carbocycles. The molecule has 0 unspecified atom stereocenters. The monoisotopic (exact) mass is 372 g/mol. The summed E-state index contributed by atoms with van der Waals surface area (Å²) in [5, 5.41) is 16.8. The van der Waals surface area contributed by atoms with E-state index < -0.39 is 5.72 Å². The first-order valence-corrected chi connectivity index (χ1v) is 8.28. The second-order valence-corrected chi connectivity index (χ2v) is 6.42. The van der Waals surface area contributed by atoms with Gasteiger partial charge >= 0.3 is 0 Å². The van der Waals surface area contributed by atoms with Gasteiger partial charge in [-0.2, -0.15) is 10.1 Å². The molecule has 1 aliphatic heterocycles. The van der Waals surface area contributed by atoms with Gasteiger partial charge in [-0.15, -0.1) is 0 Å². The third-order valence-corrected chi connectivity index (χ3v) is 4.50. The molecule has 1 atom stereocenters. The van der Waals surface area contributed by atoms with Crippen LogP contribution < -0.4 is 0 Å². The van der Waals surface area contributed by atoms with Crippen molar-refractivity contribution in [1.82, 2.24) is 5.01 Å². The summed E-state index contributed by atoms with van der Waals surface area (Å²) in [4.78, 5) is 12.8. The van der Waals surface area contributed by atoms with E-state index in [2.05, 4.69) is 21.0 Å². The van der Waals surface area contributed by atoms with E-state index in [9.17, 15) is 9.90 Å². The van der Waals surface area contributed by atoms with Gasteiger partial charge in [-0.05, 0) is 30.7 Å². The molecule has 118 valence electrons. The summed E-state index contributed by atoms with van der Waals surface area (Å²) in [5.41, 5.74) is 0.514. The van der Waals surface area contributed by atoms with Gasteiger partial charge in [0, 0.05) is 27.7 Å². The van der Waals surface area contributed by atoms with Crippen molar-refractivity contribution in [2.75, 3.05) is 0 Å². The number of hydrazone groups is 1. The third-order valence-electron chi connectivity index (χ3n) is 3.97. The Morgan fingerprint density at radius 3 is 2.48 bits per heavy atom. The molecule has 1 N–H and O–H groups in total. The standard InChI is InChI=1S/C18H17BrN2O2/c1-2-16-12-18(23,14-8-10-15(19)11-9-14)21(20-16)17(22)13-6-4-3-5-7-13/h3-11,23H,2,12H2,1H3/t18-/m0/s1. The van der Waals surface area contributed by atoms with Crippen LogP contribution in [0.2, 0.25) is 0 Å². The molecule has 3 rings (SSSR count). The van der Waals surface area contributed by atoms with Gasteiger partial charge in [-0.25, -0.2) is 0 Å². The van der Waals surface area contributed by atoms with Crippen molar-refractivity contribution in [2.45, 2.75) is 25.5 Å². The van der Waals surface area contributed by atoms with E-state index in [0.29, 0.717) is 24.0 Å². The molecular weight excluding hydrogens is 356 g/mol. The average molecular weight is 373 g/mol. The number of halogens is 1. The van der Waals surface area contributed by atoms with E-state index in [1.54, 1.807) is 24.3 Å². The molecule has 4 nitrogen and oxygen atoms in total. The maximum Gasteiger partial charge on any atom is 0.276 e. The molecule has 0 aromatic heterocycles. The topological polar surface area (TPSA) is 52.9 Å². The van der Waals surface area contributed by atoms with Crippen molar-refractivity contribution in [3.05, 3.63) is 70.2 Å². The van der Waals surface area contributed by atoms with E-state index in [4.69, 9.17) is 0 Å². The molecule has 0 saturated carbocycles. The van der Waals surface area contributed by atoms with Gasteiger partial charge in [0.1, 0.15) is 0 Å². The molecule has 0 fully saturated rings. The van der Waals surface area contributed by atoms with Gasteiger partial charge in [0.25, 0.3) is 5.91 Å². The highest BCUT2D eigenvalue weighted by Gasteiger charge is 2.45. The zero-order valence-corrected chi connectivity index (χ0v) is 14.3. The number of carbonyl (C=O) groups excluding carboxylic acids is 1. The summed E-state index contributed by atoms with van der Waals surface area (Å²) in [7, 11) is 0. The van der Waals surface area contributed by atoms with E-state index in [-0.39, 0.29) is 5.91 Å². The Morgan fingerprint density at radius 2 is 1.87 bits per heavy atom. The van der Waals surface area contributed by atoms with Crippen molar-refractivity contribution < 1.29 is 9.90 Å². The highest BCUT2D eigenvalue weighted by Crippen LogP contribution is 2.37. The lowest BCUT2D eigenvalue weighted by atomic mass is 9.96. The Balaban J connectivity index is 2.02. The fourth-order valence-electron chi connectivity index (χ4n) is 2.67. The number of carbonyl (C=O) groups is 1. The Labute approximate surface area is 143 Å². The minimum absolute atomic E-state index is 0.306. The molecule has 0 saturated heterocycles. The first-order chi connectivity index (χ1) is 11.0. The van der Waals surface area contributed by atoms with E-state index >= 15 is 0 Å². The molecule has 0 spiro atoms. The highest BCUT2D eigenvalue weighted by atomic mass is 79.9. The minimum atomic E-state index is -1.45. The zero-order chi connectivity index (χ0) is 16.4. The Bertz CT molecular complexity index is 743. The number of hydrogen-bond donors (Lipinski definition) is 1. The Kier molecular flexibility index (Phi) is 4.33. The van der Waals surface area contributed by atoms with Gasteiger partial charge < -0.3 is 5.11 Å². The van der Waals surface area contributed by atoms with Crippen LogP contribution >= 0.6 is 15.9 Å². The summed E-state index contributed by atoms with van der Waals surface area (Å²) in [5.74, 6) is -0.306. The lowest BCUT2D eigenvalue weighted by molar-refractivity contribution is -0.0765. The average Bonchev–Trinajstić information content (AvgIpc) is 2.93. The maximum absolute atomic E-state index is 12.8. The normalized spacial score (nSPS) is 20.5. The van der Waals surface area contributed by atoms with Crippen LogP contribution in [0.1, 0.15) is 35.7 Å². The number of aliphatic hydroxyl groups is 1. The number of amides is 1. The Morgan fingerprint density at radius 1 is 1.22 bits per heavy atom. The van der Waals surface area contributed by atoms with E-state index in [1.807, 2.05) is 37.3 Å². The van der Waals surface area contributed by atoms with Gasteiger partial charge in [-0.3, -0.25) is 4.79 Å². The summed E-state index contributed by atoms with van der Waals surface area (Å²) >= 11 is 3.39. The van der Waals surface area contributed by atoms with Crippen LogP contribution in [0.25, 0.3) is 0 Å². The summed E-state index contributed by atoms with van der Waals surface area (Å²) in [6, 6.07) is 16.2. The molecule has 1 heterocycles. The molecule has 5 heteroatoms. The van der Waals surface area contributed by atoms with Crippen molar-refractivity contribution in [3.8, 4) is 0 Å². The summed E-state index contributed by atoms with van der Waals surface area (Å²) < 4.78 is 0.917. The number of nitrogens with zero attached hydrogens (tertiary/aromatic N) is 2. The van der Waals surface area contributed by atoms with Crippen LogP contribution in [0.3, 0.4) is 0 Å². The number of rotatable bonds is 3. The third kappa shape index (κ3) is 2.94. The van der Waals surface area contributed by atoms with Crippen molar-refractivity contribution >= 4 is 27.5 Å². The van der Waals surface area contributed by atoms with Crippen LogP contribution in [0.5, 0.6) is 0 Å². The lowest BCUT2D eigenvalue weighted by Gasteiger charge is -2.31. The van der Waals surface area contributed by atoms with Gasteiger partial charge in [0.05, 0.1) is 0 Å². The maximum atomic E-state index is 12.8. The lowest BCUT2D eigenvalue weighted by Crippen LogP contribution is -2.43. The molecule has 0 bridgehead atoms. The fraction of sp³-hybridized carbons (Fsp3) is 0.222. The van der Waals surface area contributed by atoms with Crippen LogP contribution in [-0.4, -0.2) is 21.7 Å². The summed E-state index contributed by atoms with van der Waals surface area (Å²) in [6.45, 7) is 1.97. The van der Waals surface area contributed by atoms with E-state index in [0.717, 1.165) is 10.2 Å². The molecule has 1 aliphatic rings. The van der Waals surface area contributed by atoms with Crippen LogP contribution in [0.4, 0.5) is 0 Å². The van der Waals surface area contributed by atoms with Crippen LogP contribution in [0.15, 0.2) is 64.2 Å². The predicted molar refractivity (Wildman–Crippen MR) is 93.0 cm³/mol. The zero-order valence-electron chi connectivity index (χ0n) is 12.7. The SMILES string of the molecule is CCC1=NN(C(=O)c2ccccc2)[C@@](O)(c2ccc(Br)cc2)C1. The highest BCUT2D eigenvalue weighted by molar-refractivity contribution is 9.10. The predicted octanol–water partition coefficient (Wildman–Crippen LogP) is 3.91. The minimum Gasteiger partial charge on any atom is -0.365 e. The van der Waals surface area contributed by atoms with Gasteiger partial charge in [-0.1, -0.05) is 53.2 Å². The number of hydrogen-bond acceptors (Lipinski definition) is 3. The van der Waals surface area contributed by atoms with Crippen molar-refractivity contribution in [3.63, 3.8) is 0 Å². The second kappa shape index (κ2) is 6.26. The molecule has 0 radical (unpaired) electrons. The molecule has 0 aliphatic carbocycles. The fourth-order valence-corrected chi connectivity index (χ4v) is 2.94. The second-order valence-electron chi connectivity index (χ2n) is 5.50. The summed E-state index contributed by atoms with van der Waals surface area (Å²) in [6.07, 6.45) is 1.01. The molecule has 23 heavy (non-hydrogen) atoms. The molecule has 2 aromatic rings. The van der Waals surface area contributed by atoms with E-state index in [1.165, 1.54) is 5.01 Å². The first-order valence-electron chi connectivity index (χ1n) is 7.49. The van der Waals surface area contributed by atoms with Crippen LogP contribution in [0, 0.1) is 0 Å². The first kappa shape index (κ1) is 15.9. The van der Waals surface area contributed by atoms with Crippen molar-refractivity contribution in [1.29, 1.82) is 0 Å². The van der Waals surface area contributed by atoms with Crippen molar-refractivity contribution in [2.24, 2.45) is 5.10 Å². The van der Waals surface area contributed by atoms with Crippen LogP contribution in [-0.2, 0) is 5.72 Å². The molecular formula is C18H17BrN2O2. The van der Waals surface area contributed by atoms with Gasteiger partial charge in [0.15, 0.2) is 5.72 Å². The molecule has 1 amide bonds. The Hall–Kier alpha value is -1.98.